The summed E-state index contributed by atoms with van der Waals surface area (Å²) in [5.41, 5.74) is 0.813. The lowest BCUT2D eigenvalue weighted by Gasteiger charge is -2.04. The zero-order valence-corrected chi connectivity index (χ0v) is 12.7. The van der Waals surface area contributed by atoms with Crippen LogP contribution in [0.15, 0.2) is 38.4 Å². The quantitative estimate of drug-likeness (QED) is 0.628. The van der Waals surface area contributed by atoms with Gasteiger partial charge in [-0.3, -0.25) is 4.79 Å². The van der Waals surface area contributed by atoms with Crippen LogP contribution in [0, 0.1) is 0 Å². The van der Waals surface area contributed by atoms with Gasteiger partial charge in [0.05, 0.1) is 12.7 Å². The number of halogens is 1. The van der Waals surface area contributed by atoms with Crippen LogP contribution in [0.1, 0.15) is 6.92 Å². The second-order valence-electron chi connectivity index (χ2n) is 3.64. The molecular weight excluding hydrogens is 332 g/mol. The van der Waals surface area contributed by atoms with Gasteiger partial charge in [0.25, 0.3) is 5.22 Å². The number of hydrogen-bond acceptors (Lipinski definition) is 6. The molecule has 0 unspecified atom stereocenters. The summed E-state index contributed by atoms with van der Waals surface area (Å²) in [6, 6.07) is 7.55. The number of aromatic nitrogens is 2. The molecule has 0 N–H and O–H groups in total. The Morgan fingerprint density at radius 2 is 2.16 bits per heavy atom. The van der Waals surface area contributed by atoms with Gasteiger partial charge in [0.15, 0.2) is 0 Å². The molecule has 1 aromatic carbocycles. The monoisotopic (exact) mass is 342 g/mol. The minimum absolute atomic E-state index is 0.328. The van der Waals surface area contributed by atoms with Gasteiger partial charge < -0.3 is 9.15 Å². The standard InChI is InChI=1S/C12H11BrN2O3S/c1-7(11(16)17-2)19-12-15-14-10(18-12)8-5-3-4-6-9(8)13/h3-7H,1-2H3/t7-/m1/s1. The third-order valence-electron chi connectivity index (χ3n) is 2.32. The van der Waals surface area contributed by atoms with Crippen LogP contribution in [-0.2, 0) is 9.53 Å². The zero-order valence-electron chi connectivity index (χ0n) is 10.3. The van der Waals surface area contributed by atoms with Crippen molar-refractivity contribution in [3.05, 3.63) is 28.7 Å². The van der Waals surface area contributed by atoms with Gasteiger partial charge in [-0.15, -0.1) is 10.2 Å². The van der Waals surface area contributed by atoms with Crippen molar-refractivity contribution in [2.45, 2.75) is 17.4 Å². The first-order chi connectivity index (χ1) is 9.11. The predicted octanol–water partition coefficient (Wildman–Crippen LogP) is 3.15. The Balaban J connectivity index is 2.16. The largest absolute Gasteiger partial charge is 0.468 e. The summed E-state index contributed by atoms with van der Waals surface area (Å²) in [6.07, 6.45) is 0. The molecule has 2 aromatic rings. The lowest BCUT2D eigenvalue weighted by Crippen LogP contribution is -2.14. The maximum Gasteiger partial charge on any atom is 0.319 e. The van der Waals surface area contributed by atoms with Crippen molar-refractivity contribution in [3.63, 3.8) is 0 Å². The molecule has 0 aliphatic rings. The van der Waals surface area contributed by atoms with Crippen molar-refractivity contribution in [1.29, 1.82) is 0 Å². The van der Waals surface area contributed by atoms with Crippen LogP contribution >= 0.6 is 27.7 Å². The third-order valence-corrected chi connectivity index (χ3v) is 3.93. The van der Waals surface area contributed by atoms with Crippen LogP contribution in [0.2, 0.25) is 0 Å². The summed E-state index contributed by atoms with van der Waals surface area (Å²) in [7, 11) is 1.35. The van der Waals surface area contributed by atoms with E-state index in [-0.39, 0.29) is 5.97 Å². The highest BCUT2D eigenvalue weighted by atomic mass is 79.9. The van der Waals surface area contributed by atoms with E-state index >= 15 is 0 Å². The molecule has 0 saturated heterocycles. The molecule has 1 aromatic heterocycles. The molecule has 0 aliphatic heterocycles. The maximum absolute atomic E-state index is 11.3. The second-order valence-corrected chi connectivity index (χ2v) is 5.78. The van der Waals surface area contributed by atoms with E-state index in [9.17, 15) is 4.79 Å². The fourth-order valence-electron chi connectivity index (χ4n) is 1.37. The molecule has 0 spiro atoms. The zero-order chi connectivity index (χ0) is 13.8. The number of hydrogen-bond donors (Lipinski definition) is 0. The molecule has 0 bridgehead atoms. The normalized spacial score (nSPS) is 12.2. The molecule has 1 heterocycles. The topological polar surface area (TPSA) is 65.2 Å². The molecule has 7 heteroatoms. The number of benzene rings is 1. The van der Waals surface area contributed by atoms with Crippen molar-refractivity contribution >= 4 is 33.7 Å². The summed E-state index contributed by atoms with van der Waals surface area (Å²) in [4.78, 5) is 11.3. The molecule has 2 rings (SSSR count). The maximum atomic E-state index is 11.3. The summed E-state index contributed by atoms with van der Waals surface area (Å²) < 4.78 is 11.0. The number of thioether (sulfide) groups is 1. The minimum atomic E-state index is -0.391. The molecule has 100 valence electrons. The number of carbonyl (C=O) groups is 1. The Bertz CT molecular complexity index is 588. The average molecular weight is 343 g/mol. The van der Waals surface area contributed by atoms with Crippen molar-refractivity contribution < 1.29 is 13.9 Å². The summed E-state index contributed by atoms with van der Waals surface area (Å²) in [6.45, 7) is 1.72. The van der Waals surface area contributed by atoms with Crippen LogP contribution in [0.25, 0.3) is 11.5 Å². The highest BCUT2D eigenvalue weighted by Crippen LogP contribution is 2.30. The van der Waals surface area contributed by atoms with Gasteiger partial charge in [-0.2, -0.15) is 0 Å². The predicted molar refractivity (Wildman–Crippen MR) is 74.8 cm³/mol. The Hall–Kier alpha value is -1.34. The van der Waals surface area contributed by atoms with E-state index < -0.39 is 5.25 Å². The van der Waals surface area contributed by atoms with Gasteiger partial charge >= 0.3 is 5.97 Å². The molecule has 0 aliphatic carbocycles. The lowest BCUT2D eigenvalue weighted by atomic mass is 10.2. The first kappa shape index (κ1) is 14.1. The van der Waals surface area contributed by atoms with E-state index in [1.165, 1.54) is 18.9 Å². The van der Waals surface area contributed by atoms with E-state index in [0.29, 0.717) is 11.1 Å². The van der Waals surface area contributed by atoms with Gasteiger partial charge in [0.2, 0.25) is 5.89 Å². The van der Waals surface area contributed by atoms with Crippen molar-refractivity contribution in [2.75, 3.05) is 7.11 Å². The van der Waals surface area contributed by atoms with Crippen LogP contribution in [0.3, 0.4) is 0 Å². The lowest BCUT2D eigenvalue weighted by molar-refractivity contribution is -0.139. The molecule has 0 amide bonds. The number of ether oxygens (including phenoxy) is 1. The van der Waals surface area contributed by atoms with Gasteiger partial charge in [-0.1, -0.05) is 23.9 Å². The molecule has 1 atom stereocenters. The van der Waals surface area contributed by atoms with Crippen molar-refractivity contribution in [3.8, 4) is 11.5 Å². The number of rotatable bonds is 4. The van der Waals surface area contributed by atoms with E-state index in [0.717, 1.165) is 10.0 Å². The Morgan fingerprint density at radius 1 is 1.42 bits per heavy atom. The van der Waals surface area contributed by atoms with Crippen molar-refractivity contribution in [2.24, 2.45) is 0 Å². The van der Waals surface area contributed by atoms with Crippen LogP contribution in [0.4, 0.5) is 0 Å². The van der Waals surface area contributed by atoms with E-state index in [1.807, 2.05) is 24.3 Å². The second kappa shape index (κ2) is 6.21. The number of carbonyl (C=O) groups excluding carboxylic acids is 1. The third kappa shape index (κ3) is 3.36. The van der Waals surface area contributed by atoms with Crippen LogP contribution < -0.4 is 0 Å². The molecule has 0 fully saturated rings. The number of esters is 1. The van der Waals surface area contributed by atoms with E-state index in [2.05, 4.69) is 30.9 Å². The van der Waals surface area contributed by atoms with Crippen molar-refractivity contribution in [1.82, 2.24) is 10.2 Å². The van der Waals surface area contributed by atoms with E-state index in [1.54, 1.807) is 6.92 Å². The van der Waals surface area contributed by atoms with E-state index in [4.69, 9.17) is 4.42 Å². The SMILES string of the molecule is COC(=O)[C@@H](C)Sc1nnc(-c2ccccc2Br)o1. The van der Waals surface area contributed by atoms with Crippen LogP contribution in [0.5, 0.6) is 0 Å². The minimum Gasteiger partial charge on any atom is -0.468 e. The highest BCUT2D eigenvalue weighted by Gasteiger charge is 2.19. The summed E-state index contributed by atoms with van der Waals surface area (Å²) >= 11 is 4.59. The van der Waals surface area contributed by atoms with Crippen LogP contribution in [-0.4, -0.2) is 28.5 Å². The first-order valence-electron chi connectivity index (χ1n) is 5.44. The van der Waals surface area contributed by atoms with Gasteiger partial charge in [0.1, 0.15) is 5.25 Å². The van der Waals surface area contributed by atoms with Gasteiger partial charge in [0, 0.05) is 4.47 Å². The fraction of sp³-hybridized carbons (Fsp3) is 0.250. The molecule has 5 nitrogen and oxygen atoms in total. The molecule has 0 saturated carbocycles. The molecule has 19 heavy (non-hydrogen) atoms. The van der Waals surface area contributed by atoms with Gasteiger partial charge in [-0.05, 0) is 35.0 Å². The Labute approximate surface area is 122 Å². The smallest absolute Gasteiger partial charge is 0.319 e. The Kier molecular flexibility index (Phi) is 4.60. The first-order valence-corrected chi connectivity index (χ1v) is 7.12. The highest BCUT2D eigenvalue weighted by molar-refractivity contribution is 9.10. The molecule has 0 radical (unpaired) electrons. The Morgan fingerprint density at radius 3 is 2.84 bits per heavy atom. The fourth-order valence-corrected chi connectivity index (χ4v) is 2.53. The average Bonchev–Trinajstić information content (AvgIpc) is 2.86. The summed E-state index contributed by atoms with van der Waals surface area (Å²) in [5, 5.41) is 7.82. The number of methoxy groups -OCH3 is 1. The number of nitrogens with zero attached hydrogens (tertiary/aromatic N) is 2. The van der Waals surface area contributed by atoms with Gasteiger partial charge in [-0.25, -0.2) is 0 Å². The summed E-state index contributed by atoms with van der Waals surface area (Å²) in [5.74, 6) is 0.0812. The molecular formula is C12H11BrN2O3S.